The van der Waals surface area contributed by atoms with E-state index in [1.54, 1.807) is 0 Å². The Morgan fingerprint density at radius 1 is 1.57 bits per heavy atom. The molecule has 0 saturated carbocycles. The van der Waals surface area contributed by atoms with Gasteiger partial charge >= 0.3 is 0 Å². The second-order valence-corrected chi connectivity index (χ2v) is 2.80. The van der Waals surface area contributed by atoms with Gasteiger partial charge in [-0.3, -0.25) is 5.10 Å². The van der Waals surface area contributed by atoms with Gasteiger partial charge in [0, 0.05) is 0 Å². The summed E-state index contributed by atoms with van der Waals surface area (Å²) in [5.41, 5.74) is 0. The molecule has 14 heavy (non-hydrogen) atoms. The van der Waals surface area contributed by atoms with Crippen molar-refractivity contribution in [3.63, 3.8) is 0 Å². The van der Waals surface area contributed by atoms with Gasteiger partial charge in [0.2, 0.25) is 11.7 Å². The van der Waals surface area contributed by atoms with Crippen LogP contribution in [0, 0.1) is 0 Å². The molecule has 74 valence electrons. The topological polar surface area (TPSA) is 92.5 Å². The van der Waals surface area contributed by atoms with Crippen LogP contribution in [0.4, 0.5) is 0 Å². The van der Waals surface area contributed by atoms with E-state index in [9.17, 15) is 0 Å². The molecule has 0 aliphatic heterocycles. The molecule has 0 amide bonds. The molecule has 2 rings (SSSR count). The van der Waals surface area contributed by atoms with Crippen LogP contribution in [-0.2, 0) is 0 Å². The Hall–Kier alpha value is -1.76. The lowest BCUT2D eigenvalue weighted by Crippen LogP contribution is -2.12. The Labute approximate surface area is 79.9 Å². The van der Waals surface area contributed by atoms with E-state index in [4.69, 9.17) is 4.52 Å². The van der Waals surface area contributed by atoms with Crippen molar-refractivity contribution < 1.29 is 4.52 Å². The number of rotatable bonds is 3. The zero-order chi connectivity index (χ0) is 9.97. The van der Waals surface area contributed by atoms with Crippen molar-refractivity contribution in [3.05, 3.63) is 12.2 Å². The molecule has 7 nitrogen and oxygen atoms in total. The lowest BCUT2D eigenvalue weighted by atomic mass is 10.3. The molecule has 0 bridgehead atoms. The molecule has 0 aromatic carbocycles. The van der Waals surface area contributed by atoms with E-state index >= 15 is 0 Å². The smallest absolute Gasteiger partial charge is 0.243 e. The summed E-state index contributed by atoms with van der Waals surface area (Å²) in [5.74, 6) is 1.45. The van der Waals surface area contributed by atoms with Crippen molar-refractivity contribution in [3.8, 4) is 11.6 Å². The summed E-state index contributed by atoms with van der Waals surface area (Å²) in [4.78, 5) is 8.06. The van der Waals surface area contributed by atoms with E-state index in [0.717, 1.165) is 0 Å². The molecule has 0 spiro atoms. The van der Waals surface area contributed by atoms with Gasteiger partial charge in [-0.15, -0.1) is 0 Å². The minimum Gasteiger partial charge on any atom is -0.337 e. The van der Waals surface area contributed by atoms with E-state index in [2.05, 4.69) is 30.6 Å². The van der Waals surface area contributed by atoms with Crippen molar-refractivity contribution in [2.75, 3.05) is 7.05 Å². The standard InChI is InChI=1S/C7H10N6O/c1-4(8-2)7-11-6(13-14-7)5-9-3-10-12-5/h3-4,8H,1-2H3,(H,9,10,12). The highest BCUT2D eigenvalue weighted by Crippen LogP contribution is 2.13. The van der Waals surface area contributed by atoms with Crippen molar-refractivity contribution in [2.24, 2.45) is 0 Å². The fourth-order valence-electron chi connectivity index (χ4n) is 0.944. The summed E-state index contributed by atoms with van der Waals surface area (Å²) < 4.78 is 5.03. The number of aromatic amines is 1. The second-order valence-electron chi connectivity index (χ2n) is 2.80. The molecule has 2 heterocycles. The highest BCUT2D eigenvalue weighted by molar-refractivity contribution is 5.39. The van der Waals surface area contributed by atoms with E-state index in [-0.39, 0.29) is 6.04 Å². The van der Waals surface area contributed by atoms with Crippen LogP contribution in [-0.4, -0.2) is 32.4 Å². The van der Waals surface area contributed by atoms with Gasteiger partial charge in [-0.05, 0) is 14.0 Å². The minimum absolute atomic E-state index is 0.0270. The zero-order valence-electron chi connectivity index (χ0n) is 7.85. The van der Waals surface area contributed by atoms with Crippen LogP contribution < -0.4 is 5.32 Å². The summed E-state index contributed by atoms with van der Waals surface area (Å²) in [6.45, 7) is 1.93. The number of aromatic nitrogens is 5. The van der Waals surface area contributed by atoms with Crippen LogP contribution in [0.1, 0.15) is 18.9 Å². The lowest BCUT2D eigenvalue weighted by Gasteiger charge is -2.00. The third-order valence-corrected chi connectivity index (χ3v) is 1.87. The van der Waals surface area contributed by atoms with Gasteiger partial charge in [-0.2, -0.15) is 10.1 Å². The normalized spacial score (nSPS) is 13.0. The summed E-state index contributed by atoms with van der Waals surface area (Å²) in [6.07, 6.45) is 1.40. The van der Waals surface area contributed by atoms with Gasteiger partial charge in [-0.1, -0.05) is 5.16 Å². The molecule has 0 aliphatic carbocycles. The maximum Gasteiger partial charge on any atom is 0.243 e. The predicted molar refractivity (Wildman–Crippen MR) is 47.1 cm³/mol. The average Bonchev–Trinajstić information content (AvgIpc) is 2.86. The number of H-pyrrole nitrogens is 1. The van der Waals surface area contributed by atoms with Gasteiger partial charge in [0.25, 0.3) is 0 Å². The Kier molecular flexibility index (Phi) is 2.23. The predicted octanol–water partition coefficient (Wildman–Crippen LogP) is 0.135. The van der Waals surface area contributed by atoms with Gasteiger partial charge < -0.3 is 9.84 Å². The van der Waals surface area contributed by atoms with E-state index in [0.29, 0.717) is 17.5 Å². The third-order valence-electron chi connectivity index (χ3n) is 1.87. The van der Waals surface area contributed by atoms with Crippen molar-refractivity contribution >= 4 is 0 Å². The first-order valence-corrected chi connectivity index (χ1v) is 4.18. The fourth-order valence-corrected chi connectivity index (χ4v) is 0.944. The molecule has 1 atom stereocenters. The largest absolute Gasteiger partial charge is 0.337 e. The van der Waals surface area contributed by atoms with E-state index in [1.807, 2.05) is 14.0 Å². The summed E-state index contributed by atoms with van der Waals surface area (Å²) >= 11 is 0. The maximum absolute atomic E-state index is 5.03. The van der Waals surface area contributed by atoms with Gasteiger partial charge in [0.1, 0.15) is 6.33 Å². The monoisotopic (exact) mass is 194 g/mol. The molecule has 2 aromatic rings. The molecule has 1 unspecified atom stereocenters. The molecule has 0 fully saturated rings. The highest BCUT2D eigenvalue weighted by atomic mass is 16.5. The van der Waals surface area contributed by atoms with Crippen molar-refractivity contribution in [1.29, 1.82) is 0 Å². The molecule has 0 aliphatic rings. The molecule has 2 aromatic heterocycles. The summed E-state index contributed by atoms with van der Waals surface area (Å²) in [5, 5.41) is 13.1. The summed E-state index contributed by atoms with van der Waals surface area (Å²) in [6, 6.07) is 0.0270. The van der Waals surface area contributed by atoms with Crippen LogP contribution >= 0.6 is 0 Å². The molecule has 0 saturated heterocycles. The van der Waals surface area contributed by atoms with Crippen LogP contribution in [0.3, 0.4) is 0 Å². The highest BCUT2D eigenvalue weighted by Gasteiger charge is 2.14. The lowest BCUT2D eigenvalue weighted by molar-refractivity contribution is 0.347. The number of hydrogen-bond acceptors (Lipinski definition) is 6. The van der Waals surface area contributed by atoms with E-state index in [1.165, 1.54) is 6.33 Å². The Morgan fingerprint density at radius 2 is 2.43 bits per heavy atom. The zero-order valence-corrected chi connectivity index (χ0v) is 7.85. The molecule has 7 heteroatoms. The first-order valence-electron chi connectivity index (χ1n) is 4.18. The third kappa shape index (κ3) is 1.49. The molecule has 2 N–H and O–H groups in total. The average molecular weight is 194 g/mol. The first-order chi connectivity index (χ1) is 6.81. The van der Waals surface area contributed by atoms with Crippen LogP contribution in [0.25, 0.3) is 11.6 Å². The van der Waals surface area contributed by atoms with Crippen molar-refractivity contribution in [1.82, 2.24) is 30.6 Å². The van der Waals surface area contributed by atoms with Crippen LogP contribution in [0.2, 0.25) is 0 Å². The SMILES string of the molecule is CNC(C)c1nc(-c2ncn[nH]2)no1. The maximum atomic E-state index is 5.03. The van der Waals surface area contributed by atoms with Crippen molar-refractivity contribution in [2.45, 2.75) is 13.0 Å². The molecule has 0 radical (unpaired) electrons. The summed E-state index contributed by atoms with van der Waals surface area (Å²) in [7, 11) is 1.82. The van der Waals surface area contributed by atoms with Crippen LogP contribution in [0.15, 0.2) is 10.9 Å². The quantitative estimate of drug-likeness (QED) is 0.721. The first kappa shape index (κ1) is 8.82. The van der Waals surface area contributed by atoms with Gasteiger partial charge in [-0.25, -0.2) is 4.98 Å². The number of hydrogen-bond donors (Lipinski definition) is 2. The number of nitrogens with one attached hydrogen (secondary N) is 2. The van der Waals surface area contributed by atoms with Gasteiger partial charge in [0.05, 0.1) is 6.04 Å². The molecular weight excluding hydrogens is 184 g/mol. The Balaban J connectivity index is 2.26. The Bertz CT molecular complexity index is 394. The van der Waals surface area contributed by atoms with Crippen LogP contribution in [0.5, 0.6) is 0 Å². The second kappa shape index (κ2) is 3.54. The van der Waals surface area contributed by atoms with E-state index < -0.39 is 0 Å². The molecular formula is C7H10N6O. The number of nitrogens with zero attached hydrogens (tertiary/aromatic N) is 4. The van der Waals surface area contributed by atoms with Gasteiger partial charge in [0.15, 0.2) is 5.82 Å². The minimum atomic E-state index is 0.0270. The fraction of sp³-hybridized carbons (Fsp3) is 0.429. The Morgan fingerprint density at radius 3 is 3.07 bits per heavy atom.